The molecule has 0 spiro atoms. The smallest absolute Gasteiger partial charge is 0.251 e. The van der Waals surface area contributed by atoms with Crippen molar-refractivity contribution in [1.82, 2.24) is 20.0 Å². The van der Waals surface area contributed by atoms with Crippen LogP contribution in [0.25, 0.3) is 0 Å². The summed E-state index contributed by atoms with van der Waals surface area (Å²) in [5.74, 6) is 0.157. The van der Waals surface area contributed by atoms with Crippen LogP contribution in [0.2, 0.25) is 0 Å². The minimum Gasteiger partial charge on any atom is -0.352 e. The van der Waals surface area contributed by atoms with E-state index in [9.17, 15) is 14.4 Å². The Kier molecular flexibility index (Phi) is 7.03. The highest BCUT2D eigenvalue weighted by Crippen LogP contribution is 2.21. The first kappa shape index (κ1) is 20.3. The van der Waals surface area contributed by atoms with E-state index in [0.29, 0.717) is 25.2 Å². The number of likely N-dealkylation sites (N-methyl/N-ethyl adjacent to an activating group) is 1. The summed E-state index contributed by atoms with van der Waals surface area (Å²) in [6.45, 7) is 5.03. The van der Waals surface area contributed by atoms with Crippen molar-refractivity contribution in [3.05, 3.63) is 35.9 Å². The van der Waals surface area contributed by atoms with Gasteiger partial charge in [-0.15, -0.1) is 0 Å². The molecule has 2 fully saturated rings. The average molecular weight is 386 g/mol. The molecule has 3 rings (SSSR count). The van der Waals surface area contributed by atoms with E-state index in [1.165, 1.54) is 0 Å². The van der Waals surface area contributed by atoms with Crippen molar-refractivity contribution in [1.29, 1.82) is 0 Å². The Morgan fingerprint density at radius 3 is 2.21 bits per heavy atom. The zero-order valence-electron chi connectivity index (χ0n) is 16.6. The molecule has 1 aromatic rings. The number of piperidine rings is 1. The van der Waals surface area contributed by atoms with Crippen molar-refractivity contribution >= 4 is 17.7 Å². The zero-order valence-corrected chi connectivity index (χ0v) is 16.6. The second-order valence-corrected chi connectivity index (χ2v) is 7.66. The molecule has 1 N–H and O–H groups in total. The van der Waals surface area contributed by atoms with Crippen molar-refractivity contribution in [3.63, 3.8) is 0 Å². The number of benzene rings is 1. The predicted molar refractivity (Wildman–Crippen MR) is 107 cm³/mol. The first-order valence-electron chi connectivity index (χ1n) is 10.1. The lowest BCUT2D eigenvalue weighted by atomic mass is 9.94. The first-order valence-corrected chi connectivity index (χ1v) is 10.1. The number of nitrogens with zero attached hydrogens (tertiary/aromatic N) is 3. The van der Waals surface area contributed by atoms with Gasteiger partial charge in [-0.25, -0.2) is 0 Å². The number of piperazine rings is 1. The molecule has 2 saturated heterocycles. The highest BCUT2D eigenvalue weighted by atomic mass is 16.2. The van der Waals surface area contributed by atoms with E-state index < -0.39 is 0 Å². The first-order chi connectivity index (χ1) is 13.5. The standard InChI is InChI=1S/C21H30N4O3/c1-23-13-15-25(16-14-23)21(28)18-8-11-24(12-9-18)19(26)7-10-22-20(27)17-5-3-2-4-6-17/h2-6,18H,7-16H2,1H3,(H,22,27). The van der Waals surface area contributed by atoms with Crippen LogP contribution in [-0.2, 0) is 9.59 Å². The number of hydrogen-bond donors (Lipinski definition) is 1. The topological polar surface area (TPSA) is 73.0 Å². The van der Waals surface area contributed by atoms with E-state index >= 15 is 0 Å². The summed E-state index contributed by atoms with van der Waals surface area (Å²) in [5.41, 5.74) is 0.596. The second kappa shape index (κ2) is 9.68. The SMILES string of the molecule is CN1CCN(C(=O)C2CCN(C(=O)CCNC(=O)c3ccccc3)CC2)CC1. The molecule has 0 unspecified atom stereocenters. The number of amides is 3. The Hall–Kier alpha value is -2.41. The molecule has 2 heterocycles. The van der Waals surface area contributed by atoms with Crippen LogP contribution in [0.15, 0.2) is 30.3 Å². The van der Waals surface area contributed by atoms with Gasteiger partial charge in [0.25, 0.3) is 5.91 Å². The lowest BCUT2D eigenvalue weighted by Gasteiger charge is -2.37. The van der Waals surface area contributed by atoms with Gasteiger partial charge in [-0.05, 0) is 32.0 Å². The molecule has 7 heteroatoms. The van der Waals surface area contributed by atoms with Crippen LogP contribution >= 0.6 is 0 Å². The summed E-state index contributed by atoms with van der Waals surface area (Å²) in [5, 5.41) is 2.79. The fraction of sp³-hybridized carbons (Fsp3) is 0.571. The van der Waals surface area contributed by atoms with Crippen molar-refractivity contribution in [2.24, 2.45) is 5.92 Å². The molecular weight excluding hydrogens is 356 g/mol. The van der Waals surface area contributed by atoms with Gasteiger partial charge in [-0.1, -0.05) is 18.2 Å². The van der Waals surface area contributed by atoms with Crippen molar-refractivity contribution < 1.29 is 14.4 Å². The van der Waals surface area contributed by atoms with Gasteiger partial charge in [0.05, 0.1) is 0 Å². The molecule has 0 atom stereocenters. The molecule has 0 radical (unpaired) electrons. The minimum absolute atomic E-state index is 0.0326. The molecule has 28 heavy (non-hydrogen) atoms. The van der Waals surface area contributed by atoms with Crippen LogP contribution in [0, 0.1) is 5.92 Å². The van der Waals surface area contributed by atoms with Crippen LogP contribution in [0.1, 0.15) is 29.6 Å². The Morgan fingerprint density at radius 1 is 0.929 bits per heavy atom. The minimum atomic E-state index is -0.162. The molecule has 2 aliphatic heterocycles. The Labute approximate surface area is 166 Å². The van der Waals surface area contributed by atoms with Gasteiger partial charge in [-0.2, -0.15) is 0 Å². The van der Waals surface area contributed by atoms with Gasteiger partial charge in [0.1, 0.15) is 0 Å². The highest BCUT2D eigenvalue weighted by Gasteiger charge is 2.31. The van der Waals surface area contributed by atoms with Crippen molar-refractivity contribution in [2.75, 3.05) is 52.9 Å². The molecule has 152 valence electrons. The third kappa shape index (κ3) is 5.32. The van der Waals surface area contributed by atoms with Gasteiger partial charge in [0, 0.05) is 63.7 Å². The van der Waals surface area contributed by atoms with Crippen LogP contribution in [-0.4, -0.2) is 85.3 Å². The number of hydrogen-bond acceptors (Lipinski definition) is 4. The monoisotopic (exact) mass is 386 g/mol. The summed E-state index contributed by atoms with van der Waals surface area (Å²) in [6, 6.07) is 8.98. The fourth-order valence-corrected chi connectivity index (χ4v) is 3.79. The predicted octanol–water partition coefficient (Wildman–Crippen LogP) is 0.819. The Balaban J connectivity index is 1.36. The number of rotatable bonds is 5. The van der Waals surface area contributed by atoms with Crippen LogP contribution in [0.4, 0.5) is 0 Å². The Morgan fingerprint density at radius 2 is 1.57 bits per heavy atom. The summed E-state index contributed by atoms with van der Waals surface area (Å²) in [6.07, 6.45) is 1.75. The van der Waals surface area contributed by atoms with Gasteiger partial charge < -0.3 is 20.0 Å². The molecule has 0 aromatic heterocycles. The van der Waals surface area contributed by atoms with E-state index in [-0.39, 0.29) is 30.1 Å². The van der Waals surface area contributed by atoms with E-state index in [2.05, 4.69) is 17.3 Å². The Bertz CT molecular complexity index is 678. The number of carbonyl (C=O) groups is 3. The normalized spacial score (nSPS) is 18.8. The number of carbonyl (C=O) groups excluding carboxylic acids is 3. The number of likely N-dealkylation sites (tertiary alicyclic amines) is 1. The summed E-state index contributed by atoms with van der Waals surface area (Å²) in [7, 11) is 2.08. The largest absolute Gasteiger partial charge is 0.352 e. The molecular formula is C21H30N4O3. The molecule has 0 aliphatic carbocycles. The fourth-order valence-electron chi connectivity index (χ4n) is 3.79. The third-order valence-corrected chi connectivity index (χ3v) is 5.67. The van der Waals surface area contributed by atoms with E-state index in [0.717, 1.165) is 39.0 Å². The van der Waals surface area contributed by atoms with Gasteiger partial charge >= 0.3 is 0 Å². The molecule has 7 nitrogen and oxygen atoms in total. The molecule has 2 aliphatic rings. The molecule has 0 saturated carbocycles. The lowest BCUT2D eigenvalue weighted by molar-refractivity contribution is -0.141. The lowest BCUT2D eigenvalue weighted by Crippen LogP contribution is -2.51. The van der Waals surface area contributed by atoms with Crippen LogP contribution in [0.5, 0.6) is 0 Å². The van der Waals surface area contributed by atoms with Crippen LogP contribution in [0.3, 0.4) is 0 Å². The average Bonchev–Trinajstić information content (AvgIpc) is 2.74. The number of nitrogens with one attached hydrogen (secondary N) is 1. The van der Waals surface area contributed by atoms with Crippen molar-refractivity contribution in [3.8, 4) is 0 Å². The quantitative estimate of drug-likeness (QED) is 0.813. The molecule has 1 aromatic carbocycles. The van der Waals surface area contributed by atoms with Gasteiger partial charge in [-0.3, -0.25) is 14.4 Å². The molecule has 0 bridgehead atoms. The third-order valence-electron chi connectivity index (χ3n) is 5.67. The van der Waals surface area contributed by atoms with Crippen LogP contribution < -0.4 is 5.32 Å². The summed E-state index contributed by atoms with van der Waals surface area (Å²) in [4.78, 5) is 43.1. The molecule has 3 amide bonds. The van der Waals surface area contributed by atoms with Gasteiger partial charge in [0.2, 0.25) is 11.8 Å². The maximum atomic E-state index is 12.7. The van der Waals surface area contributed by atoms with E-state index in [1.54, 1.807) is 12.1 Å². The second-order valence-electron chi connectivity index (χ2n) is 7.66. The van der Waals surface area contributed by atoms with E-state index in [1.807, 2.05) is 28.0 Å². The summed E-state index contributed by atoms with van der Waals surface area (Å²) < 4.78 is 0. The van der Waals surface area contributed by atoms with E-state index in [4.69, 9.17) is 0 Å². The maximum absolute atomic E-state index is 12.7. The zero-order chi connectivity index (χ0) is 19.9. The van der Waals surface area contributed by atoms with Crippen molar-refractivity contribution in [2.45, 2.75) is 19.3 Å². The maximum Gasteiger partial charge on any atom is 0.251 e. The summed E-state index contributed by atoms with van der Waals surface area (Å²) >= 11 is 0. The highest BCUT2D eigenvalue weighted by molar-refractivity contribution is 5.94. The van der Waals surface area contributed by atoms with Gasteiger partial charge in [0.15, 0.2) is 0 Å².